The van der Waals surface area contributed by atoms with E-state index in [1.807, 2.05) is 0 Å². The molecule has 0 unspecified atom stereocenters. The minimum absolute atomic E-state index is 1.18. The number of nitrogens with one attached hydrogen (secondary N) is 1. The molecule has 6 nitrogen and oxygen atoms in total. The molecule has 0 aliphatic rings. The summed E-state index contributed by atoms with van der Waals surface area (Å²) in [6.45, 7) is 0. The van der Waals surface area contributed by atoms with E-state index in [4.69, 9.17) is 0 Å². The fourth-order valence-electron chi connectivity index (χ4n) is 17.4. The zero-order chi connectivity index (χ0) is 67.5. The lowest BCUT2D eigenvalue weighted by atomic mass is 10.0. The quantitative estimate of drug-likeness (QED) is 0.167. The normalized spacial score (nSPS) is 12.1. The summed E-state index contributed by atoms with van der Waals surface area (Å²) < 4.78 is 13.3. The molecule has 16 aromatic carbocycles. The second-order valence-electron chi connectivity index (χ2n) is 27.3. The number of aromatic amines is 1. The Hall–Kier alpha value is -13.0. The summed E-state index contributed by atoms with van der Waals surface area (Å²) >= 11 is 2.39. The fourth-order valence-corrected chi connectivity index (χ4v) is 17.9. The molecule has 1 N–H and O–H groups in total. The van der Waals surface area contributed by atoms with E-state index in [2.05, 4.69) is 402 Å². The standard InChI is InChI=1S/C48H29N3.C30H20N2.C18H10IN/c1-2-11-32(12-3-1)49-42-18-7-5-14-35(42)39-27-30(21-24-45(39)49)31-22-25-46-40(28-31)36-15-6-8-19-43(36)50(46)33-23-26-47-41(29-33)38-17-10-16-37-34-13-4-9-20-44(34)51(47)48(37)38;1-2-8-22(9-3-1)32-29-13-7-5-11-24(29)26-19-21(15-17-30(26)32)20-14-16-28-25(18-20)23-10-4-6-12-27(23)31-28;19-11-8-9-17-15(10-11)14-6-3-5-13-12-4-1-2-7-16(12)20(17)18(13)14/h1-29H;1-19,31H;1-10H. The molecule has 7 heteroatoms. The number of nitrogens with zero attached hydrogens (tertiary/aromatic N) is 5. The lowest BCUT2D eigenvalue weighted by Gasteiger charge is -2.10. The van der Waals surface area contributed by atoms with Crippen molar-refractivity contribution in [1.82, 2.24) is 27.5 Å². The largest absolute Gasteiger partial charge is 0.355 e. The molecule has 0 aliphatic heterocycles. The Kier molecular flexibility index (Phi) is 12.7. The van der Waals surface area contributed by atoms with Crippen LogP contribution in [0.2, 0.25) is 0 Å². The van der Waals surface area contributed by atoms with Gasteiger partial charge in [-0.3, -0.25) is 0 Å². The maximum Gasteiger partial charge on any atom is 0.0620 e. The monoisotopic (exact) mass is 1420 g/mol. The van der Waals surface area contributed by atoms with Gasteiger partial charge in [0.05, 0.1) is 66.2 Å². The highest BCUT2D eigenvalue weighted by atomic mass is 127. The van der Waals surface area contributed by atoms with Crippen molar-refractivity contribution in [1.29, 1.82) is 0 Å². The van der Waals surface area contributed by atoms with Gasteiger partial charge in [-0.05, 0) is 190 Å². The van der Waals surface area contributed by atoms with Gasteiger partial charge in [0.15, 0.2) is 0 Å². The average Bonchev–Trinajstić information content (AvgIpc) is 1.56. The van der Waals surface area contributed by atoms with Crippen molar-refractivity contribution in [3.8, 4) is 39.3 Å². The molecule has 0 aliphatic carbocycles. The molecule has 0 amide bonds. The van der Waals surface area contributed by atoms with Gasteiger partial charge in [0.1, 0.15) is 0 Å². The average molecular weight is 1420 g/mol. The Morgan fingerprint density at radius 1 is 0.184 bits per heavy atom. The zero-order valence-electron chi connectivity index (χ0n) is 55.6. The van der Waals surface area contributed by atoms with Crippen molar-refractivity contribution in [3.63, 3.8) is 0 Å². The van der Waals surface area contributed by atoms with E-state index in [0.717, 1.165) is 0 Å². The maximum atomic E-state index is 3.53. The van der Waals surface area contributed by atoms with Crippen LogP contribution in [-0.2, 0) is 0 Å². The minimum atomic E-state index is 1.18. The Morgan fingerprint density at radius 2 is 0.485 bits per heavy atom. The van der Waals surface area contributed by atoms with Gasteiger partial charge in [0.2, 0.25) is 0 Å². The molecule has 103 heavy (non-hydrogen) atoms. The first-order valence-electron chi connectivity index (χ1n) is 35.2. The van der Waals surface area contributed by atoms with Crippen molar-refractivity contribution in [2.45, 2.75) is 0 Å². The molecule has 0 radical (unpaired) electrons. The molecular formula is C96H59IN6. The molecule has 0 saturated heterocycles. The number of aromatic nitrogens is 6. The van der Waals surface area contributed by atoms with Gasteiger partial charge in [-0.1, -0.05) is 206 Å². The predicted molar refractivity (Wildman–Crippen MR) is 445 cm³/mol. The van der Waals surface area contributed by atoms with Crippen molar-refractivity contribution in [2.75, 3.05) is 0 Å². The van der Waals surface area contributed by atoms with Crippen molar-refractivity contribution in [3.05, 3.63) is 355 Å². The summed E-state index contributed by atoms with van der Waals surface area (Å²) in [5.74, 6) is 0. The van der Waals surface area contributed by atoms with Crippen LogP contribution in [0.5, 0.6) is 0 Å². The summed E-state index contributed by atoms with van der Waals surface area (Å²) in [6.07, 6.45) is 0. The zero-order valence-corrected chi connectivity index (χ0v) is 57.8. The van der Waals surface area contributed by atoms with E-state index >= 15 is 0 Å². The molecule has 0 spiro atoms. The number of benzene rings is 16. The minimum Gasteiger partial charge on any atom is -0.355 e. The molecule has 0 saturated carbocycles. The van der Waals surface area contributed by atoms with Gasteiger partial charge >= 0.3 is 0 Å². The summed E-state index contributed by atoms with van der Waals surface area (Å²) in [7, 11) is 0. The third-order valence-corrected chi connectivity index (χ3v) is 22.5. The van der Waals surface area contributed by atoms with E-state index < -0.39 is 0 Å². The van der Waals surface area contributed by atoms with E-state index in [1.165, 1.54) is 206 Å². The topological polar surface area (TPSA) is 39.4 Å². The third kappa shape index (κ3) is 8.67. The van der Waals surface area contributed by atoms with Gasteiger partial charge in [-0.2, -0.15) is 0 Å². The SMILES string of the molecule is Ic1ccc2c(c1)c1cccc3c4ccccc4n2c31.c1ccc(-n2c3ccccc3c3cc(-c4ccc5[nH]c6ccccc6c5c4)ccc32)cc1.c1ccc(-n2c3ccccc3c3cc(-c4ccc5c(c4)c4ccccc4n5-c4ccc5c(c4)c4cccc6c7ccccc7n5c64)ccc32)cc1. The van der Waals surface area contributed by atoms with Crippen LogP contribution in [-0.4, -0.2) is 27.5 Å². The molecule has 8 aromatic heterocycles. The highest BCUT2D eigenvalue weighted by Gasteiger charge is 2.22. The molecular weight excluding hydrogens is 1360 g/mol. The highest BCUT2D eigenvalue weighted by molar-refractivity contribution is 14.1. The molecule has 0 atom stereocenters. The van der Waals surface area contributed by atoms with Crippen LogP contribution in [0.3, 0.4) is 0 Å². The molecule has 480 valence electrons. The van der Waals surface area contributed by atoms with Crippen LogP contribution in [0.15, 0.2) is 352 Å². The van der Waals surface area contributed by atoms with E-state index in [-0.39, 0.29) is 0 Å². The number of fused-ring (bicyclic) bond motifs is 24. The number of hydrogen-bond acceptors (Lipinski definition) is 0. The fraction of sp³-hybridized carbons (Fsp3) is 0. The van der Waals surface area contributed by atoms with Gasteiger partial charge in [-0.15, -0.1) is 0 Å². The predicted octanol–water partition coefficient (Wildman–Crippen LogP) is 26.2. The van der Waals surface area contributed by atoms with Gasteiger partial charge in [0, 0.05) is 118 Å². The first-order valence-corrected chi connectivity index (χ1v) is 36.3. The molecule has 24 aromatic rings. The van der Waals surface area contributed by atoms with Crippen LogP contribution < -0.4 is 0 Å². The smallest absolute Gasteiger partial charge is 0.0620 e. The van der Waals surface area contributed by atoms with Gasteiger partial charge in [0.25, 0.3) is 0 Å². The molecule has 8 heterocycles. The Morgan fingerprint density at radius 3 is 0.961 bits per heavy atom. The second-order valence-corrected chi connectivity index (χ2v) is 28.6. The first-order chi connectivity index (χ1) is 51.0. The van der Waals surface area contributed by atoms with Crippen LogP contribution >= 0.6 is 22.6 Å². The lowest BCUT2D eigenvalue weighted by Crippen LogP contribution is -1.94. The molecule has 24 rings (SSSR count). The van der Waals surface area contributed by atoms with E-state index in [9.17, 15) is 0 Å². The number of hydrogen-bond donors (Lipinski definition) is 1. The van der Waals surface area contributed by atoms with Crippen LogP contribution in [0.1, 0.15) is 0 Å². The number of H-pyrrole nitrogens is 1. The highest BCUT2D eigenvalue weighted by Crippen LogP contribution is 2.45. The number of rotatable bonds is 5. The summed E-state index contributed by atoms with van der Waals surface area (Å²) in [4.78, 5) is 3.53. The van der Waals surface area contributed by atoms with E-state index in [0.29, 0.717) is 0 Å². The number of para-hydroxylation sites is 10. The van der Waals surface area contributed by atoms with Crippen LogP contribution in [0.25, 0.3) is 203 Å². The second kappa shape index (κ2) is 22.5. The molecule has 0 bridgehead atoms. The summed E-state index contributed by atoms with van der Waals surface area (Å²) in [5.41, 5.74) is 25.9. The first kappa shape index (κ1) is 57.9. The maximum absolute atomic E-state index is 3.53. The number of halogens is 1. The lowest BCUT2D eigenvalue weighted by molar-refractivity contribution is 1.18. The van der Waals surface area contributed by atoms with Gasteiger partial charge < -0.3 is 27.5 Å². The Bertz CT molecular complexity index is 7570. The summed E-state index contributed by atoms with van der Waals surface area (Å²) in [6, 6.07) is 128. The Labute approximate surface area is 603 Å². The molecule has 0 fully saturated rings. The third-order valence-electron chi connectivity index (χ3n) is 21.9. The van der Waals surface area contributed by atoms with Crippen molar-refractivity contribution in [2.24, 2.45) is 0 Å². The summed E-state index contributed by atoms with van der Waals surface area (Å²) in [5, 5.41) is 20.7. The van der Waals surface area contributed by atoms with Crippen LogP contribution in [0, 0.1) is 3.57 Å². The van der Waals surface area contributed by atoms with Crippen molar-refractivity contribution >= 4 is 186 Å². The Balaban J connectivity index is 0.000000109. The van der Waals surface area contributed by atoms with E-state index in [1.54, 1.807) is 0 Å². The van der Waals surface area contributed by atoms with Gasteiger partial charge in [-0.25, -0.2) is 0 Å². The van der Waals surface area contributed by atoms with Crippen LogP contribution in [0.4, 0.5) is 0 Å². The van der Waals surface area contributed by atoms with Crippen molar-refractivity contribution < 1.29 is 0 Å².